The van der Waals surface area contributed by atoms with Crippen LogP contribution < -0.4 is 22.1 Å². The predicted molar refractivity (Wildman–Crippen MR) is 73.9 cm³/mol. The molecular weight excluding hydrogens is 282 g/mol. The molecule has 1 amide bonds. The van der Waals surface area contributed by atoms with E-state index in [4.69, 9.17) is 0 Å². The summed E-state index contributed by atoms with van der Waals surface area (Å²) in [4.78, 5) is 44.5. The lowest BCUT2D eigenvalue weighted by molar-refractivity contribution is -0.383. The maximum absolute atomic E-state index is 12.0. The maximum Gasteiger partial charge on any atom is 0.330 e. The van der Waals surface area contributed by atoms with Gasteiger partial charge >= 0.3 is 5.69 Å². The lowest BCUT2D eigenvalue weighted by Crippen LogP contribution is -2.37. The lowest BCUT2D eigenvalue weighted by atomic mass is 10.2. The molecule has 0 saturated carbocycles. The Labute approximate surface area is 116 Å². The van der Waals surface area contributed by atoms with Gasteiger partial charge in [-0.1, -0.05) is 0 Å². The van der Waals surface area contributed by atoms with E-state index < -0.39 is 21.9 Å². The van der Waals surface area contributed by atoms with E-state index in [0.29, 0.717) is 6.41 Å². The summed E-state index contributed by atoms with van der Waals surface area (Å²) in [6, 6.07) is 2.32. The molecule has 10 nitrogen and oxygen atoms in total. The number of nitro benzene ring substituents is 1. The summed E-state index contributed by atoms with van der Waals surface area (Å²) < 4.78 is 2.05. The molecule has 21 heavy (non-hydrogen) atoms. The molecule has 0 aliphatic heterocycles. The third-order valence-electron chi connectivity index (χ3n) is 3.05. The Balaban J connectivity index is 2.91. The fraction of sp³-hybridized carbons (Fsp3) is 0.182. The minimum absolute atomic E-state index is 0.0305. The van der Waals surface area contributed by atoms with Crippen LogP contribution in [0.2, 0.25) is 0 Å². The first-order valence-corrected chi connectivity index (χ1v) is 5.71. The highest BCUT2D eigenvalue weighted by atomic mass is 16.6. The van der Waals surface area contributed by atoms with Crippen molar-refractivity contribution >= 4 is 28.7 Å². The van der Waals surface area contributed by atoms with E-state index in [1.165, 1.54) is 24.7 Å². The Hall–Kier alpha value is -3.17. The Morgan fingerprint density at radius 3 is 2.48 bits per heavy atom. The van der Waals surface area contributed by atoms with Crippen LogP contribution in [0, 0.1) is 10.1 Å². The van der Waals surface area contributed by atoms with E-state index in [-0.39, 0.29) is 16.6 Å². The molecule has 0 bridgehead atoms. The van der Waals surface area contributed by atoms with Gasteiger partial charge in [0.25, 0.3) is 11.2 Å². The number of aryl methyl sites for hydroxylation is 1. The molecule has 0 aliphatic carbocycles. The third kappa shape index (κ3) is 2.22. The van der Waals surface area contributed by atoms with Gasteiger partial charge in [-0.3, -0.25) is 39.7 Å². The van der Waals surface area contributed by atoms with Crippen LogP contribution in [0.25, 0.3) is 10.9 Å². The van der Waals surface area contributed by atoms with Gasteiger partial charge in [-0.25, -0.2) is 4.79 Å². The summed E-state index contributed by atoms with van der Waals surface area (Å²) in [7, 11) is 2.73. The van der Waals surface area contributed by atoms with Crippen molar-refractivity contribution in [2.45, 2.75) is 0 Å². The molecule has 0 unspecified atom stereocenters. The van der Waals surface area contributed by atoms with Crippen molar-refractivity contribution in [3.8, 4) is 0 Å². The van der Waals surface area contributed by atoms with Crippen LogP contribution in [-0.2, 0) is 18.9 Å². The molecule has 0 radical (unpaired) electrons. The molecule has 1 heterocycles. The predicted octanol–water partition coefficient (Wildman–Crippen LogP) is -0.782. The van der Waals surface area contributed by atoms with Gasteiger partial charge in [-0.2, -0.15) is 0 Å². The highest BCUT2D eigenvalue weighted by Crippen LogP contribution is 2.27. The number of benzene rings is 1. The second-order valence-electron chi connectivity index (χ2n) is 4.24. The highest BCUT2D eigenvalue weighted by molar-refractivity contribution is 5.87. The molecule has 1 aromatic carbocycles. The molecule has 0 saturated heterocycles. The summed E-state index contributed by atoms with van der Waals surface area (Å²) >= 11 is 0. The fourth-order valence-electron chi connectivity index (χ4n) is 1.98. The Kier molecular flexibility index (Phi) is 3.44. The first kappa shape index (κ1) is 14.2. The zero-order chi connectivity index (χ0) is 15.7. The molecule has 10 heteroatoms. The van der Waals surface area contributed by atoms with Crippen LogP contribution in [0.1, 0.15) is 0 Å². The van der Waals surface area contributed by atoms with E-state index in [9.17, 15) is 24.5 Å². The number of fused-ring (bicyclic) bond motifs is 1. The monoisotopic (exact) mass is 293 g/mol. The largest absolute Gasteiger partial charge is 0.330 e. The van der Waals surface area contributed by atoms with Gasteiger partial charge in [-0.05, 0) is 6.07 Å². The smallest absolute Gasteiger partial charge is 0.296 e. The van der Waals surface area contributed by atoms with Crippen molar-refractivity contribution in [3.63, 3.8) is 0 Å². The topological polar surface area (TPSA) is 128 Å². The molecule has 2 aromatic rings. The third-order valence-corrected chi connectivity index (χ3v) is 3.05. The summed E-state index contributed by atoms with van der Waals surface area (Å²) in [5.74, 6) is 0. The molecule has 0 spiro atoms. The quantitative estimate of drug-likeness (QED) is 0.432. The Morgan fingerprint density at radius 1 is 1.24 bits per heavy atom. The first-order chi connectivity index (χ1) is 9.88. The van der Waals surface area contributed by atoms with Crippen LogP contribution in [0.5, 0.6) is 0 Å². The van der Waals surface area contributed by atoms with Gasteiger partial charge < -0.3 is 0 Å². The van der Waals surface area contributed by atoms with E-state index in [2.05, 4.69) is 10.9 Å². The highest BCUT2D eigenvalue weighted by Gasteiger charge is 2.19. The second-order valence-corrected chi connectivity index (χ2v) is 4.24. The van der Waals surface area contributed by atoms with E-state index >= 15 is 0 Å². The normalized spacial score (nSPS) is 10.4. The molecule has 2 N–H and O–H groups in total. The van der Waals surface area contributed by atoms with E-state index in [1.54, 1.807) is 0 Å². The summed E-state index contributed by atoms with van der Waals surface area (Å²) in [6.07, 6.45) is 0.303. The number of hydrogen-bond acceptors (Lipinski definition) is 6. The van der Waals surface area contributed by atoms with Gasteiger partial charge in [0.1, 0.15) is 5.69 Å². The minimum Gasteiger partial charge on any atom is -0.296 e. The molecular formula is C11H11N5O5. The van der Waals surface area contributed by atoms with Crippen molar-refractivity contribution in [1.82, 2.24) is 14.6 Å². The number of anilines is 1. The zero-order valence-electron chi connectivity index (χ0n) is 11.1. The molecule has 0 aliphatic rings. The number of rotatable bonds is 4. The van der Waals surface area contributed by atoms with Crippen LogP contribution in [0.4, 0.5) is 11.4 Å². The van der Waals surface area contributed by atoms with Crippen molar-refractivity contribution in [2.24, 2.45) is 14.1 Å². The van der Waals surface area contributed by atoms with Crippen molar-refractivity contribution in [2.75, 3.05) is 5.43 Å². The van der Waals surface area contributed by atoms with Gasteiger partial charge in [-0.15, -0.1) is 0 Å². The Bertz CT molecular complexity index is 866. The summed E-state index contributed by atoms with van der Waals surface area (Å²) in [5.41, 5.74) is 3.00. The Morgan fingerprint density at radius 2 is 1.90 bits per heavy atom. The number of carbonyl (C=O) groups excluding carboxylic acids is 1. The SMILES string of the molecule is Cn1c(=O)c2cc([N+](=O)[O-])c(NNC=O)cc2n(C)c1=O. The second kappa shape index (κ2) is 5.07. The van der Waals surface area contributed by atoms with Gasteiger partial charge in [0.2, 0.25) is 6.41 Å². The molecule has 1 aromatic heterocycles. The van der Waals surface area contributed by atoms with Crippen molar-refractivity contribution in [3.05, 3.63) is 43.1 Å². The standard InChI is InChI=1S/C11H11N5O5/c1-14-8-4-7(13-12-5-17)9(16(20)21)3-6(8)10(18)15(2)11(14)19/h3-5,13H,1-2H3,(H,12,17). The number of aromatic nitrogens is 2. The van der Waals surface area contributed by atoms with Crippen LogP contribution in [-0.4, -0.2) is 20.5 Å². The number of nitrogens with zero attached hydrogens (tertiary/aromatic N) is 3. The summed E-state index contributed by atoms with van der Waals surface area (Å²) in [5, 5.41) is 11.1. The minimum atomic E-state index is -0.696. The number of hydrogen-bond donors (Lipinski definition) is 2. The van der Waals surface area contributed by atoms with Crippen LogP contribution in [0.3, 0.4) is 0 Å². The van der Waals surface area contributed by atoms with Gasteiger partial charge in [0.15, 0.2) is 0 Å². The fourth-order valence-corrected chi connectivity index (χ4v) is 1.98. The number of nitro groups is 1. The molecule has 110 valence electrons. The van der Waals surface area contributed by atoms with Crippen molar-refractivity contribution < 1.29 is 9.72 Å². The van der Waals surface area contributed by atoms with Crippen LogP contribution in [0.15, 0.2) is 21.7 Å². The number of amides is 1. The van der Waals surface area contributed by atoms with Gasteiger partial charge in [0, 0.05) is 20.2 Å². The van der Waals surface area contributed by atoms with Gasteiger partial charge in [0.05, 0.1) is 15.8 Å². The van der Waals surface area contributed by atoms with E-state index in [0.717, 1.165) is 10.6 Å². The average molecular weight is 293 g/mol. The first-order valence-electron chi connectivity index (χ1n) is 5.71. The number of hydrazine groups is 1. The van der Waals surface area contributed by atoms with Crippen LogP contribution >= 0.6 is 0 Å². The number of nitrogens with one attached hydrogen (secondary N) is 2. The van der Waals surface area contributed by atoms with Crippen molar-refractivity contribution in [1.29, 1.82) is 0 Å². The summed E-state index contributed by atoms with van der Waals surface area (Å²) in [6.45, 7) is 0. The number of carbonyl (C=O) groups is 1. The average Bonchev–Trinajstić information content (AvgIpc) is 2.47. The molecule has 0 atom stereocenters. The zero-order valence-corrected chi connectivity index (χ0v) is 11.1. The maximum atomic E-state index is 12.0. The lowest BCUT2D eigenvalue weighted by Gasteiger charge is -2.10. The molecule has 2 rings (SSSR count). The molecule has 0 fully saturated rings. The van der Waals surface area contributed by atoms with E-state index in [1.807, 2.05) is 0 Å².